The van der Waals surface area contributed by atoms with E-state index in [1.54, 1.807) is 0 Å². The molecule has 1 unspecified atom stereocenters. The van der Waals surface area contributed by atoms with Gasteiger partial charge in [-0.15, -0.1) is 0 Å². The molecule has 0 aromatic heterocycles. The highest BCUT2D eigenvalue weighted by molar-refractivity contribution is 5.92. The van der Waals surface area contributed by atoms with Gasteiger partial charge in [0.1, 0.15) is 6.10 Å². The van der Waals surface area contributed by atoms with E-state index in [-0.39, 0.29) is 5.78 Å². The summed E-state index contributed by atoms with van der Waals surface area (Å²) in [4.78, 5) is 11.0. The molecule has 1 fully saturated rings. The van der Waals surface area contributed by atoms with Gasteiger partial charge in [0.15, 0.2) is 5.78 Å². The molecule has 2 nitrogen and oxygen atoms in total. The van der Waals surface area contributed by atoms with E-state index in [1.165, 1.54) is 38.2 Å². The van der Waals surface area contributed by atoms with Crippen LogP contribution < -0.4 is 0 Å². The molecule has 13 heavy (non-hydrogen) atoms. The molecule has 1 aliphatic carbocycles. The van der Waals surface area contributed by atoms with Crippen LogP contribution in [0, 0.1) is 5.92 Å². The third-order valence-corrected chi connectivity index (χ3v) is 2.81. The van der Waals surface area contributed by atoms with Gasteiger partial charge < -0.3 is 5.11 Å². The zero-order chi connectivity index (χ0) is 9.68. The van der Waals surface area contributed by atoms with E-state index in [0.29, 0.717) is 12.3 Å². The second kappa shape index (κ2) is 5.18. The van der Waals surface area contributed by atoms with E-state index in [0.717, 1.165) is 0 Å². The number of rotatable bonds is 4. The predicted molar refractivity (Wildman–Crippen MR) is 52.4 cm³/mol. The summed E-state index contributed by atoms with van der Waals surface area (Å²) in [6.07, 6.45) is 7.18. The van der Waals surface area contributed by atoms with E-state index in [2.05, 4.69) is 6.58 Å². The third kappa shape index (κ3) is 3.31. The molecule has 1 N–H and O–H groups in total. The van der Waals surface area contributed by atoms with Gasteiger partial charge in [-0.3, -0.25) is 4.79 Å². The van der Waals surface area contributed by atoms with Gasteiger partial charge in [-0.25, -0.2) is 0 Å². The summed E-state index contributed by atoms with van der Waals surface area (Å²) in [5, 5.41) is 9.45. The lowest BCUT2D eigenvalue weighted by Crippen LogP contribution is -2.22. The van der Waals surface area contributed by atoms with Crippen LogP contribution in [0.15, 0.2) is 12.7 Å². The smallest absolute Gasteiger partial charge is 0.183 e. The molecular weight excluding hydrogens is 164 g/mol. The monoisotopic (exact) mass is 182 g/mol. The van der Waals surface area contributed by atoms with Crippen LogP contribution in [0.1, 0.15) is 38.5 Å². The lowest BCUT2D eigenvalue weighted by atomic mass is 9.85. The molecule has 2 heteroatoms. The Morgan fingerprint density at radius 2 is 2.08 bits per heavy atom. The van der Waals surface area contributed by atoms with Crippen molar-refractivity contribution in [1.29, 1.82) is 0 Å². The van der Waals surface area contributed by atoms with Gasteiger partial charge in [-0.1, -0.05) is 38.7 Å². The summed E-state index contributed by atoms with van der Waals surface area (Å²) in [5.41, 5.74) is 0. The van der Waals surface area contributed by atoms with E-state index in [4.69, 9.17) is 0 Å². The number of aliphatic hydroxyl groups is 1. The fourth-order valence-corrected chi connectivity index (χ4v) is 1.99. The molecule has 74 valence electrons. The van der Waals surface area contributed by atoms with Crippen molar-refractivity contribution in [2.75, 3.05) is 0 Å². The molecule has 0 heterocycles. The SMILES string of the molecule is C=CC(=O)C(O)CC1CCCCC1. The van der Waals surface area contributed by atoms with Gasteiger partial charge in [0, 0.05) is 0 Å². The molecule has 0 aliphatic heterocycles. The summed E-state index contributed by atoms with van der Waals surface area (Å²) in [7, 11) is 0. The van der Waals surface area contributed by atoms with E-state index in [1.807, 2.05) is 0 Å². The van der Waals surface area contributed by atoms with E-state index < -0.39 is 6.10 Å². The Morgan fingerprint density at radius 3 is 2.62 bits per heavy atom. The molecule has 1 aliphatic rings. The van der Waals surface area contributed by atoms with Crippen molar-refractivity contribution in [3.05, 3.63) is 12.7 Å². The highest BCUT2D eigenvalue weighted by Gasteiger charge is 2.20. The topological polar surface area (TPSA) is 37.3 Å². The zero-order valence-electron chi connectivity index (χ0n) is 8.04. The first-order valence-corrected chi connectivity index (χ1v) is 5.08. The van der Waals surface area contributed by atoms with Gasteiger partial charge in [0.2, 0.25) is 0 Å². The molecule has 0 saturated heterocycles. The second-order valence-electron chi connectivity index (χ2n) is 3.86. The summed E-state index contributed by atoms with van der Waals surface area (Å²) in [6, 6.07) is 0. The average Bonchev–Trinajstić information content (AvgIpc) is 2.18. The predicted octanol–water partition coefficient (Wildman–Crippen LogP) is 2.07. The van der Waals surface area contributed by atoms with Crippen molar-refractivity contribution in [2.24, 2.45) is 5.92 Å². The van der Waals surface area contributed by atoms with Crippen molar-refractivity contribution < 1.29 is 9.90 Å². The standard InChI is InChI=1S/C11H18O2/c1-2-10(12)11(13)8-9-6-4-3-5-7-9/h2,9,11,13H,1,3-8H2. The molecule has 0 radical (unpaired) electrons. The highest BCUT2D eigenvalue weighted by Crippen LogP contribution is 2.27. The van der Waals surface area contributed by atoms with Gasteiger partial charge in [-0.05, 0) is 18.4 Å². The van der Waals surface area contributed by atoms with Gasteiger partial charge in [-0.2, -0.15) is 0 Å². The van der Waals surface area contributed by atoms with Crippen LogP contribution >= 0.6 is 0 Å². The fourth-order valence-electron chi connectivity index (χ4n) is 1.99. The molecule has 0 aromatic rings. The molecule has 0 aromatic carbocycles. The molecular formula is C11H18O2. The molecule has 0 bridgehead atoms. The molecule has 1 atom stereocenters. The van der Waals surface area contributed by atoms with Gasteiger partial charge >= 0.3 is 0 Å². The van der Waals surface area contributed by atoms with Crippen molar-refractivity contribution in [1.82, 2.24) is 0 Å². The van der Waals surface area contributed by atoms with Gasteiger partial charge in [0.25, 0.3) is 0 Å². The maximum absolute atomic E-state index is 11.0. The summed E-state index contributed by atoms with van der Waals surface area (Å²) < 4.78 is 0. The Bertz CT molecular complexity index is 181. The zero-order valence-corrected chi connectivity index (χ0v) is 8.04. The van der Waals surface area contributed by atoms with Crippen LogP contribution in [-0.4, -0.2) is 17.0 Å². The van der Waals surface area contributed by atoms with Gasteiger partial charge in [0.05, 0.1) is 0 Å². The minimum Gasteiger partial charge on any atom is -0.385 e. The quantitative estimate of drug-likeness (QED) is 0.676. The lowest BCUT2D eigenvalue weighted by molar-refractivity contribution is -0.123. The van der Waals surface area contributed by atoms with E-state index >= 15 is 0 Å². The Kier molecular flexibility index (Phi) is 4.16. The van der Waals surface area contributed by atoms with E-state index in [9.17, 15) is 9.90 Å². The maximum Gasteiger partial charge on any atom is 0.183 e. The number of carbonyl (C=O) groups excluding carboxylic acids is 1. The van der Waals surface area contributed by atoms with Crippen LogP contribution in [0.2, 0.25) is 0 Å². The Balaban J connectivity index is 2.29. The van der Waals surface area contributed by atoms with Crippen molar-refractivity contribution in [3.8, 4) is 0 Å². The third-order valence-electron chi connectivity index (χ3n) is 2.81. The molecule has 1 rings (SSSR count). The summed E-state index contributed by atoms with van der Waals surface area (Å²) in [5.74, 6) is 0.318. The minimum atomic E-state index is -0.805. The summed E-state index contributed by atoms with van der Waals surface area (Å²) in [6.45, 7) is 3.37. The van der Waals surface area contributed by atoms with Crippen molar-refractivity contribution in [2.45, 2.75) is 44.6 Å². The molecule has 1 saturated carbocycles. The van der Waals surface area contributed by atoms with Crippen molar-refractivity contribution in [3.63, 3.8) is 0 Å². The molecule has 0 spiro atoms. The minimum absolute atomic E-state index is 0.231. The largest absolute Gasteiger partial charge is 0.385 e. The normalized spacial score (nSPS) is 21.0. The maximum atomic E-state index is 11.0. The number of ketones is 1. The lowest BCUT2D eigenvalue weighted by Gasteiger charge is -2.22. The number of hydrogen-bond donors (Lipinski definition) is 1. The summed E-state index contributed by atoms with van der Waals surface area (Å²) >= 11 is 0. The average molecular weight is 182 g/mol. The van der Waals surface area contributed by atoms with Crippen LogP contribution in [0.5, 0.6) is 0 Å². The van der Waals surface area contributed by atoms with Crippen molar-refractivity contribution >= 4 is 5.78 Å². The Hall–Kier alpha value is -0.630. The number of aliphatic hydroxyl groups excluding tert-OH is 1. The first-order valence-electron chi connectivity index (χ1n) is 5.08. The van der Waals surface area contributed by atoms with Crippen LogP contribution in [-0.2, 0) is 4.79 Å². The van der Waals surface area contributed by atoms with Crippen LogP contribution in [0.25, 0.3) is 0 Å². The van der Waals surface area contributed by atoms with Crippen LogP contribution in [0.4, 0.5) is 0 Å². The Labute approximate surface area is 79.6 Å². The first kappa shape index (κ1) is 10.5. The number of hydrogen-bond acceptors (Lipinski definition) is 2. The van der Waals surface area contributed by atoms with Crippen LogP contribution in [0.3, 0.4) is 0 Å². The number of carbonyl (C=O) groups is 1. The Morgan fingerprint density at radius 1 is 1.46 bits per heavy atom. The first-order chi connectivity index (χ1) is 6.24. The second-order valence-corrected chi connectivity index (χ2v) is 3.86. The fraction of sp³-hybridized carbons (Fsp3) is 0.727. The molecule has 0 amide bonds. The highest BCUT2D eigenvalue weighted by atomic mass is 16.3.